The first kappa shape index (κ1) is 16.1. The largest absolute Gasteiger partial charge is 0.457 e. The first-order valence-corrected chi connectivity index (χ1v) is 9.99. The average molecular weight is 346 g/mol. The van der Waals surface area contributed by atoms with Crippen LogP contribution in [0.3, 0.4) is 0 Å². The second-order valence-corrected chi connectivity index (χ2v) is 8.90. The first-order chi connectivity index (χ1) is 12.6. The summed E-state index contributed by atoms with van der Waals surface area (Å²) in [6, 6.07) is 16.2. The molecule has 0 amide bonds. The summed E-state index contributed by atoms with van der Waals surface area (Å²) >= 11 is 0. The maximum absolute atomic E-state index is 11.4. The molecule has 134 valence electrons. The third kappa shape index (κ3) is 2.76. The van der Waals surface area contributed by atoms with Gasteiger partial charge in [-0.15, -0.1) is 0 Å². The van der Waals surface area contributed by atoms with Crippen molar-refractivity contribution >= 4 is 5.78 Å². The summed E-state index contributed by atoms with van der Waals surface area (Å²) in [5.41, 5.74) is 2.68. The zero-order chi connectivity index (χ0) is 17.7. The molecule has 4 fully saturated rings. The van der Waals surface area contributed by atoms with E-state index in [9.17, 15) is 4.79 Å². The zero-order valence-corrected chi connectivity index (χ0v) is 15.4. The van der Waals surface area contributed by atoms with E-state index in [1.165, 1.54) is 44.1 Å². The van der Waals surface area contributed by atoms with Gasteiger partial charge >= 0.3 is 0 Å². The Labute approximate surface area is 155 Å². The van der Waals surface area contributed by atoms with E-state index in [2.05, 4.69) is 24.3 Å². The molecule has 4 aliphatic rings. The molecule has 0 aromatic heterocycles. The minimum atomic E-state index is 0.0801. The third-order valence-electron chi connectivity index (χ3n) is 7.00. The molecule has 0 atom stereocenters. The van der Waals surface area contributed by atoms with Crippen molar-refractivity contribution in [1.82, 2.24) is 0 Å². The Balaban J connectivity index is 1.34. The number of ketones is 1. The average Bonchev–Trinajstić information content (AvgIpc) is 2.61. The van der Waals surface area contributed by atoms with E-state index < -0.39 is 0 Å². The van der Waals surface area contributed by atoms with Crippen LogP contribution in [0.2, 0.25) is 0 Å². The molecule has 4 saturated carbocycles. The van der Waals surface area contributed by atoms with Crippen molar-refractivity contribution in [2.24, 2.45) is 17.8 Å². The molecular weight excluding hydrogens is 320 g/mol. The SMILES string of the molecule is CC(=O)c1ccc(Oc2ccc(C34CC5CC(CC(C5)C3)C4)cc2)cc1. The third-order valence-corrected chi connectivity index (χ3v) is 7.00. The van der Waals surface area contributed by atoms with Crippen molar-refractivity contribution in [2.75, 3.05) is 0 Å². The molecule has 6 rings (SSSR count). The van der Waals surface area contributed by atoms with E-state index in [0.717, 1.165) is 34.8 Å². The van der Waals surface area contributed by atoms with E-state index in [1.54, 1.807) is 6.92 Å². The standard InChI is InChI=1S/C24H26O2/c1-16(25)20-2-6-22(7-3-20)26-23-8-4-21(5-9-23)24-13-17-10-18(14-24)12-19(11-17)15-24/h2-9,17-19H,10-15H2,1H3. The van der Waals surface area contributed by atoms with Crippen LogP contribution < -0.4 is 4.74 Å². The highest BCUT2D eigenvalue weighted by molar-refractivity contribution is 5.94. The van der Waals surface area contributed by atoms with Gasteiger partial charge in [-0.1, -0.05) is 12.1 Å². The molecule has 2 aromatic rings. The first-order valence-electron chi connectivity index (χ1n) is 9.99. The monoisotopic (exact) mass is 346 g/mol. The number of hydrogen-bond donors (Lipinski definition) is 0. The molecule has 4 bridgehead atoms. The van der Waals surface area contributed by atoms with Crippen molar-refractivity contribution in [3.05, 3.63) is 59.7 Å². The summed E-state index contributed by atoms with van der Waals surface area (Å²) in [5.74, 6) is 4.63. The normalized spacial score (nSPS) is 31.8. The second-order valence-electron chi connectivity index (χ2n) is 8.90. The summed E-state index contributed by atoms with van der Waals surface area (Å²) in [7, 11) is 0. The van der Waals surface area contributed by atoms with Gasteiger partial charge in [0.05, 0.1) is 0 Å². The van der Waals surface area contributed by atoms with Crippen LogP contribution in [0.4, 0.5) is 0 Å². The Bertz CT molecular complexity index is 781. The highest BCUT2D eigenvalue weighted by atomic mass is 16.5. The van der Waals surface area contributed by atoms with Gasteiger partial charge in [0.25, 0.3) is 0 Å². The van der Waals surface area contributed by atoms with Crippen LogP contribution in [-0.4, -0.2) is 5.78 Å². The van der Waals surface area contributed by atoms with Crippen molar-refractivity contribution in [1.29, 1.82) is 0 Å². The molecule has 2 aromatic carbocycles. The number of ether oxygens (including phenoxy) is 1. The van der Waals surface area contributed by atoms with Gasteiger partial charge < -0.3 is 4.74 Å². The highest BCUT2D eigenvalue weighted by Gasteiger charge is 2.51. The number of hydrogen-bond acceptors (Lipinski definition) is 2. The maximum Gasteiger partial charge on any atom is 0.159 e. The zero-order valence-electron chi connectivity index (χ0n) is 15.4. The van der Waals surface area contributed by atoms with Gasteiger partial charge in [0.2, 0.25) is 0 Å². The van der Waals surface area contributed by atoms with Crippen LogP contribution in [0.15, 0.2) is 48.5 Å². The van der Waals surface area contributed by atoms with Crippen molar-refractivity contribution in [2.45, 2.75) is 50.9 Å². The molecule has 2 heteroatoms. The van der Waals surface area contributed by atoms with E-state index in [4.69, 9.17) is 4.74 Å². The predicted molar refractivity (Wildman–Crippen MR) is 103 cm³/mol. The van der Waals surface area contributed by atoms with E-state index in [-0.39, 0.29) is 5.78 Å². The summed E-state index contributed by atoms with van der Waals surface area (Å²) < 4.78 is 5.98. The Morgan fingerprint density at radius 2 is 1.27 bits per heavy atom. The molecule has 0 heterocycles. The molecule has 0 radical (unpaired) electrons. The molecule has 4 aliphatic carbocycles. The lowest BCUT2D eigenvalue weighted by Crippen LogP contribution is -2.48. The van der Waals surface area contributed by atoms with Crippen molar-refractivity contribution in [3.8, 4) is 11.5 Å². The molecule has 0 unspecified atom stereocenters. The van der Waals surface area contributed by atoms with Crippen molar-refractivity contribution in [3.63, 3.8) is 0 Å². The Hall–Kier alpha value is -2.09. The Morgan fingerprint density at radius 1 is 0.808 bits per heavy atom. The number of carbonyl (C=O) groups is 1. The molecular formula is C24H26O2. The van der Waals surface area contributed by atoms with E-state index >= 15 is 0 Å². The smallest absolute Gasteiger partial charge is 0.159 e. The lowest BCUT2D eigenvalue weighted by molar-refractivity contribution is -0.00519. The van der Waals surface area contributed by atoms with Gasteiger partial charge in [-0.05, 0) is 111 Å². The summed E-state index contributed by atoms with van der Waals surface area (Å²) in [6.07, 6.45) is 8.63. The van der Waals surface area contributed by atoms with Crippen LogP contribution in [0.5, 0.6) is 11.5 Å². The predicted octanol–water partition coefficient (Wildman–Crippen LogP) is 6.15. The van der Waals surface area contributed by atoms with Crippen LogP contribution in [0.1, 0.15) is 61.4 Å². The lowest BCUT2D eigenvalue weighted by Gasteiger charge is -2.57. The maximum atomic E-state index is 11.4. The number of benzene rings is 2. The second kappa shape index (κ2) is 5.97. The number of Topliss-reactive ketones (excluding diaryl/α,β-unsaturated/α-hetero) is 1. The Kier molecular flexibility index (Phi) is 3.70. The summed E-state index contributed by atoms with van der Waals surface area (Å²) in [5, 5.41) is 0. The van der Waals surface area contributed by atoms with Gasteiger partial charge in [0.1, 0.15) is 11.5 Å². The fraction of sp³-hybridized carbons (Fsp3) is 0.458. The van der Waals surface area contributed by atoms with Crippen LogP contribution in [0, 0.1) is 17.8 Å². The fourth-order valence-corrected chi connectivity index (χ4v) is 6.23. The van der Waals surface area contributed by atoms with Crippen LogP contribution >= 0.6 is 0 Å². The van der Waals surface area contributed by atoms with Crippen molar-refractivity contribution < 1.29 is 9.53 Å². The summed E-state index contributed by atoms with van der Waals surface area (Å²) in [4.78, 5) is 11.4. The quantitative estimate of drug-likeness (QED) is 0.621. The molecule has 0 N–H and O–H groups in total. The minimum absolute atomic E-state index is 0.0801. The molecule has 0 saturated heterocycles. The van der Waals surface area contributed by atoms with Gasteiger partial charge in [0, 0.05) is 5.56 Å². The number of rotatable bonds is 4. The van der Waals surface area contributed by atoms with Crippen LogP contribution in [0.25, 0.3) is 0 Å². The molecule has 2 nitrogen and oxygen atoms in total. The summed E-state index contributed by atoms with van der Waals surface area (Å²) in [6.45, 7) is 1.58. The van der Waals surface area contributed by atoms with Gasteiger partial charge in [-0.25, -0.2) is 0 Å². The van der Waals surface area contributed by atoms with Gasteiger partial charge in [-0.2, -0.15) is 0 Å². The number of carbonyl (C=O) groups excluding carboxylic acids is 1. The van der Waals surface area contributed by atoms with Gasteiger partial charge in [0.15, 0.2) is 5.78 Å². The van der Waals surface area contributed by atoms with E-state index in [1.807, 2.05) is 24.3 Å². The highest BCUT2D eigenvalue weighted by Crippen LogP contribution is 2.60. The topological polar surface area (TPSA) is 26.3 Å². The fourth-order valence-electron chi connectivity index (χ4n) is 6.23. The molecule has 26 heavy (non-hydrogen) atoms. The lowest BCUT2D eigenvalue weighted by atomic mass is 9.48. The van der Waals surface area contributed by atoms with E-state index in [0.29, 0.717) is 5.41 Å². The minimum Gasteiger partial charge on any atom is -0.457 e. The molecule has 0 spiro atoms. The van der Waals surface area contributed by atoms with Crippen LogP contribution in [-0.2, 0) is 5.41 Å². The van der Waals surface area contributed by atoms with Gasteiger partial charge in [-0.3, -0.25) is 4.79 Å². The molecule has 0 aliphatic heterocycles. The Morgan fingerprint density at radius 3 is 1.73 bits per heavy atom.